The second-order valence-electron chi connectivity index (χ2n) is 6.06. The number of hydrogen-bond acceptors (Lipinski definition) is 5. The molecule has 31 heavy (non-hydrogen) atoms. The molecule has 0 aromatic heterocycles. The van der Waals surface area contributed by atoms with Crippen molar-refractivity contribution in [2.45, 2.75) is 25.1 Å². The van der Waals surface area contributed by atoms with E-state index >= 15 is 0 Å². The lowest BCUT2D eigenvalue weighted by molar-refractivity contribution is -0.0496. The van der Waals surface area contributed by atoms with Crippen molar-refractivity contribution in [3.05, 3.63) is 84.9 Å². The molecule has 0 amide bonds. The first-order valence-electron chi connectivity index (χ1n) is 8.38. The van der Waals surface area contributed by atoms with E-state index in [1.165, 1.54) is 60.7 Å². The van der Waals surface area contributed by atoms with Crippen molar-refractivity contribution in [3.63, 3.8) is 0 Å². The fourth-order valence-electron chi connectivity index (χ4n) is 2.72. The monoisotopic (exact) mass is 510 g/mol. The molecule has 0 atom stereocenters. The van der Waals surface area contributed by atoms with Crippen LogP contribution in [0.25, 0.3) is 0 Å². The van der Waals surface area contributed by atoms with Crippen molar-refractivity contribution < 1.29 is 33.6 Å². The Bertz CT molecular complexity index is 1220. The first kappa shape index (κ1) is 23.6. The predicted octanol–water partition coefficient (Wildman–Crippen LogP) is 5.68. The molecule has 3 rings (SSSR count). The molecule has 3 aromatic rings. The molecule has 166 valence electrons. The van der Waals surface area contributed by atoms with E-state index < -0.39 is 35.0 Å². The summed E-state index contributed by atoms with van der Waals surface area (Å²) in [5.41, 5.74) is -5.67. The Balaban J connectivity index is 2.38. The minimum Gasteiger partial charge on any atom is -0.207 e. The van der Waals surface area contributed by atoms with Crippen LogP contribution in [0.4, 0.5) is 13.2 Å². The lowest BCUT2D eigenvalue weighted by atomic mass is 10.4. The summed E-state index contributed by atoms with van der Waals surface area (Å²) in [4.78, 5) is 0.0545. The number of hydrogen-bond donors (Lipinski definition) is 0. The van der Waals surface area contributed by atoms with Gasteiger partial charge in [0, 0.05) is 25.4 Å². The van der Waals surface area contributed by atoms with E-state index in [-0.39, 0.29) is 19.6 Å². The summed E-state index contributed by atoms with van der Waals surface area (Å²) in [5.74, 6) is 0. The van der Waals surface area contributed by atoms with Crippen LogP contribution in [0.15, 0.2) is 105 Å². The molecule has 0 radical (unpaired) electrons. The molecule has 0 aliphatic carbocycles. The summed E-state index contributed by atoms with van der Waals surface area (Å²) in [7, 11) is -8.31. The Morgan fingerprint density at radius 2 is 0.968 bits per heavy atom. The van der Waals surface area contributed by atoms with Gasteiger partial charge in [0.25, 0.3) is 9.05 Å². The lowest BCUT2D eigenvalue weighted by Crippen LogP contribution is -2.27. The highest BCUT2D eigenvalue weighted by Gasteiger charge is 2.52. The summed E-state index contributed by atoms with van der Waals surface area (Å²) in [6.07, 6.45) is 0. The molecule has 0 fully saturated rings. The molecule has 0 bridgehead atoms. The average molecular weight is 511 g/mol. The number of benzene rings is 3. The molecule has 0 spiro atoms. The minimum atomic E-state index is -6.05. The number of rotatable bonds is 6. The van der Waals surface area contributed by atoms with Gasteiger partial charge in [0.1, 0.15) is 0 Å². The maximum atomic E-state index is 13.3. The fraction of sp³-hybridized carbons (Fsp3) is 0.0526. The van der Waals surface area contributed by atoms with Gasteiger partial charge in [-0.05, 0) is 58.8 Å². The maximum absolute atomic E-state index is 13.3. The van der Waals surface area contributed by atoms with Crippen LogP contribution < -0.4 is 0 Å². The van der Waals surface area contributed by atoms with Gasteiger partial charge < -0.3 is 0 Å². The van der Waals surface area contributed by atoms with Crippen LogP contribution in [-0.4, -0.2) is 22.3 Å². The van der Waals surface area contributed by atoms with Crippen LogP contribution in [0.5, 0.6) is 0 Å². The molecule has 0 saturated heterocycles. The molecule has 0 aliphatic heterocycles. The van der Waals surface area contributed by atoms with Crippen molar-refractivity contribution in [2.75, 3.05) is 0 Å². The zero-order valence-corrected chi connectivity index (χ0v) is 18.6. The summed E-state index contributed by atoms with van der Waals surface area (Å²) in [6.45, 7) is 0. The second kappa shape index (κ2) is 8.47. The molecule has 0 aliphatic rings. The molecule has 5 nitrogen and oxygen atoms in total. The minimum absolute atomic E-state index is 0.0294. The van der Waals surface area contributed by atoms with Crippen LogP contribution in [-0.2, 0) is 22.8 Å². The topological polar surface area (TPSA) is 77.5 Å². The molecule has 0 N–H and O–H groups in total. The van der Waals surface area contributed by atoms with E-state index in [1.54, 1.807) is 12.1 Å². The van der Waals surface area contributed by atoms with Gasteiger partial charge >= 0.3 is 15.6 Å². The van der Waals surface area contributed by atoms with Crippen molar-refractivity contribution in [2.24, 2.45) is 0 Å². The fourth-order valence-corrected chi connectivity index (χ4v) is 8.23. The lowest BCUT2D eigenvalue weighted by Gasteiger charge is -2.39. The summed E-state index contributed by atoms with van der Waals surface area (Å²) < 4.78 is 92.5. The molecule has 0 saturated carbocycles. The van der Waals surface area contributed by atoms with Crippen LogP contribution >= 0.6 is 21.0 Å². The van der Waals surface area contributed by atoms with Gasteiger partial charge in [-0.1, -0.05) is 36.4 Å². The van der Waals surface area contributed by atoms with Crippen LogP contribution in [0.2, 0.25) is 0 Å². The third-order valence-corrected chi connectivity index (χ3v) is 10.3. The van der Waals surface area contributed by atoms with Crippen molar-refractivity contribution in [3.8, 4) is 0 Å². The Morgan fingerprint density at radius 3 is 1.32 bits per heavy atom. The van der Waals surface area contributed by atoms with E-state index in [0.29, 0.717) is 0 Å². The highest BCUT2D eigenvalue weighted by atomic mass is 35.7. The van der Waals surface area contributed by atoms with E-state index in [4.69, 9.17) is 14.3 Å². The molecule has 3 aromatic carbocycles. The Labute approximate surface area is 183 Å². The maximum Gasteiger partial charge on any atom is 0.524 e. The second-order valence-corrected chi connectivity index (χ2v) is 13.1. The summed E-state index contributed by atoms with van der Waals surface area (Å²) in [6, 6.07) is 19.7. The smallest absolute Gasteiger partial charge is 0.207 e. The summed E-state index contributed by atoms with van der Waals surface area (Å²) in [5, 5.41) is 0. The van der Waals surface area contributed by atoms with Gasteiger partial charge in [0.05, 0.1) is 4.90 Å². The normalized spacial score (nSPS) is 13.7. The molecule has 0 heterocycles. The largest absolute Gasteiger partial charge is 0.524 e. The van der Waals surface area contributed by atoms with Crippen LogP contribution in [0.1, 0.15) is 0 Å². The average Bonchev–Trinajstić information content (AvgIpc) is 2.72. The molecular formula is C19H14ClF3O5S3. The Hall–Kier alpha value is -2.05. The van der Waals surface area contributed by atoms with E-state index in [2.05, 4.69) is 0 Å². The van der Waals surface area contributed by atoms with Gasteiger partial charge in [0.2, 0.25) is 0 Å². The van der Waals surface area contributed by atoms with E-state index in [0.717, 1.165) is 12.1 Å². The number of alkyl halides is 3. The number of halogens is 4. The summed E-state index contributed by atoms with van der Waals surface area (Å²) >= 11 is 0. The van der Waals surface area contributed by atoms with Gasteiger partial charge in [-0.25, -0.2) is 8.42 Å². The zero-order chi connectivity index (χ0) is 22.9. The molecule has 12 heteroatoms. The van der Waals surface area contributed by atoms with Gasteiger partial charge in [-0.3, -0.25) is 0 Å². The van der Waals surface area contributed by atoms with Gasteiger partial charge in [0.15, 0.2) is 0 Å². The Morgan fingerprint density at radius 1 is 0.613 bits per heavy atom. The standard InChI is InChI=1S/C19H14ClF3O5S3/c20-30(24,25)18-13-11-17(12-14-18)29(15-7-3-1-4-8-15,16-9-5-2-6-10-16)28-31(26,27)19(21,22)23/h1-14H. The van der Waals surface area contributed by atoms with E-state index in [9.17, 15) is 30.0 Å². The molecular weight excluding hydrogens is 497 g/mol. The first-order chi connectivity index (χ1) is 14.4. The van der Waals surface area contributed by atoms with Crippen molar-refractivity contribution in [1.29, 1.82) is 0 Å². The van der Waals surface area contributed by atoms with Crippen LogP contribution in [0, 0.1) is 0 Å². The third-order valence-electron chi connectivity index (χ3n) is 4.06. The van der Waals surface area contributed by atoms with E-state index in [1.807, 2.05) is 0 Å². The molecule has 0 unspecified atom stereocenters. The SMILES string of the molecule is O=S(=O)(Cl)c1ccc(S(OS(=O)(=O)C(F)(F)F)(c2ccccc2)c2ccccc2)cc1. The Kier molecular flexibility index (Phi) is 6.45. The van der Waals surface area contributed by atoms with Gasteiger partial charge in [-0.15, -0.1) is 0 Å². The predicted molar refractivity (Wildman–Crippen MR) is 111 cm³/mol. The van der Waals surface area contributed by atoms with Crippen molar-refractivity contribution in [1.82, 2.24) is 0 Å². The highest BCUT2D eigenvalue weighted by molar-refractivity contribution is 8.33. The highest BCUT2D eigenvalue weighted by Crippen LogP contribution is 2.70. The quantitative estimate of drug-likeness (QED) is 0.315. The van der Waals surface area contributed by atoms with Gasteiger partial charge in [-0.2, -0.15) is 25.2 Å². The third kappa shape index (κ3) is 4.75. The zero-order valence-electron chi connectivity index (χ0n) is 15.4. The van der Waals surface area contributed by atoms with Crippen molar-refractivity contribution >= 4 is 40.2 Å². The van der Waals surface area contributed by atoms with Crippen LogP contribution in [0.3, 0.4) is 0 Å². The first-order valence-corrected chi connectivity index (χ1v) is 13.7.